The van der Waals surface area contributed by atoms with Crippen molar-refractivity contribution in [2.75, 3.05) is 61.3 Å². The molecule has 0 aliphatic carbocycles. The fraction of sp³-hybridized carbons (Fsp3) is 0.404. The van der Waals surface area contributed by atoms with Gasteiger partial charge in [-0.15, -0.1) is 11.3 Å². The van der Waals surface area contributed by atoms with Crippen LogP contribution in [-0.2, 0) is 33.9 Å². The molecule has 3 atom stereocenters. The van der Waals surface area contributed by atoms with Gasteiger partial charge in [-0.2, -0.15) is 0 Å². The zero-order chi connectivity index (χ0) is 43.9. The van der Waals surface area contributed by atoms with Gasteiger partial charge >= 0.3 is 0 Å². The summed E-state index contributed by atoms with van der Waals surface area (Å²) in [6.45, 7) is 6.03. The van der Waals surface area contributed by atoms with E-state index < -0.39 is 35.9 Å². The van der Waals surface area contributed by atoms with E-state index in [9.17, 15) is 24.3 Å². The predicted octanol–water partition coefficient (Wildman–Crippen LogP) is 4.96. The van der Waals surface area contributed by atoms with Gasteiger partial charge in [0.15, 0.2) is 11.2 Å². The smallest absolute Gasteiger partial charge is 0.255 e. The molecule has 5 aliphatic heterocycles. The third-order valence-electron chi connectivity index (χ3n) is 13.5. The van der Waals surface area contributed by atoms with Gasteiger partial charge in [-0.1, -0.05) is 24.3 Å². The van der Waals surface area contributed by atoms with Crippen molar-refractivity contribution < 1.29 is 28.7 Å². The maximum absolute atomic E-state index is 16.0. The second-order valence-corrected chi connectivity index (χ2v) is 18.3. The normalized spacial score (nSPS) is 20.5. The Morgan fingerprint density at radius 2 is 1.73 bits per heavy atom. The molecular weight excluding hydrogens is 836 g/mol. The minimum absolute atomic E-state index is 0.0509. The molecule has 7 heterocycles. The molecule has 3 aromatic carbocycles. The minimum Gasteiger partial charge on any atom is -0.377 e. The van der Waals surface area contributed by atoms with Crippen molar-refractivity contribution in [2.45, 2.75) is 75.8 Å². The number of fused-ring (bicyclic) bond motifs is 2. The number of anilines is 3. The summed E-state index contributed by atoms with van der Waals surface area (Å²) in [7, 11) is 0. The summed E-state index contributed by atoms with van der Waals surface area (Å²) >= 11 is 1.28. The number of carbonyl (C=O) groups is 4. The molecular formula is C47H51FN10O5S. The Balaban J connectivity index is 0.729. The van der Waals surface area contributed by atoms with Crippen LogP contribution in [0.1, 0.15) is 76.9 Å². The molecule has 0 bridgehead atoms. The number of nitrogens with zero attached hydrogens (tertiary/aromatic N) is 7. The van der Waals surface area contributed by atoms with Crippen molar-refractivity contribution in [3.05, 3.63) is 112 Å². The Bertz CT molecular complexity index is 2550. The number of β-amino-alcohol motifs (C(OH)–C–C–N with tert-alkyl or cyclic N) is 1. The molecule has 3 fully saturated rings. The highest BCUT2D eigenvalue weighted by atomic mass is 32.1. The first-order valence-corrected chi connectivity index (χ1v) is 23.1. The van der Waals surface area contributed by atoms with Gasteiger partial charge in [0.05, 0.1) is 18.6 Å². The van der Waals surface area contributed by atoms with Crippen LogP contribution in [0.5, 0.6) is 0 Å². The lowest BCUT2D eigenvalue weighted by Gasteiger charge is -2.41. The van der Waals surface area contributed by atoms with E-state index in [2.05, 4.69) is 52.8 Å². The van der Waals surface area contributed by atoms with Gasteiger partial charge in [-0.05, 0) is 104 Å². The van der Waals surface area contributed by atoms with Gasteiger partial charge in [-0.25, -0.2) is 14.4 Å². The monoisotopic (exact) mass is 886 g/mol. The molecule has 64 heavy (non-hydrogen) atoms. The maximum Gasteiger partial charge on any atom is 0.255 e. The highest BCUT2D eigenvalue weighted by Crippen LogP contribution is 2.38. The van der Waals surface area contributed by atoms with E-state index in [4.69, 9.17) is 0 Å². The molecule has 3 unspecified atom stereocenters. The third-order valence-corrected chi connectivity index (χ3v) is 14.2. The number of amides is 4. The molecule has 10 rings (SSSR count). The second kappa shape index (κ2) is 17.9. The van der Waals surface area contributed by atoms with Crippen molar-refractivity contribution in [2.24, 2.45) is 0 Å². The number of piperazine rings is 1. The van der Waals surface area contributed by atoms with Gasteiger partial charge in [0.2, 0.25) is 11.8 Å². The lowest BCUT2D eigenvalue weighted by molar-refractivity contribution is -0.133. The lowest BCUT2D eigenvalue weighted by atomic mass is 9.89. The molecule has 5 aromatic rings. The average molecular weight is 887 g/mol. The van der Waals surface area contributed by atoms with E-state index in [1.54, 1.807) is 24.0 Å². The maximum atomic E-state index is 16.0. The quantitative estimate of drug-likeness (QED) is 0.125. The summed E-state index contributed by atoms with van der Waals surface area (Å²) in [6, 6.07) is 17.9. The molecule has 17 heteroatoms. The summed E-state index contributed by atoms with van der Waals surface area (Å²) in [5.41, 5.74) is 6.44. The van der Waals surface area contributed by atoms with E-state index in [0.717, 1.165) is 81.0 Å². The van der Waals surface area contributed by atoms with Crippen LogP contribution in [0.15, 0.2) is 78.6 Å². The summed E-state index contributed by atoms with van der Waals surface area (Å²) in [6.07, 6.45) is 7.18. The van der Waals surface area contributed by atoms with Gasteiger partial charge in [0.25, 0.3) is 11.8 Å². The number of rotatable bonds is 12. The van der Waals surface area contributed by atoms with Crippen molar-refractivity contribution in [3.63, 3.8) is 0 Å². The fourth-order valence-electron chi connectivity index (χ4n) is 10.0. The standard InChI is InChI=1S/C47H51FN10O5S/c48-37-25-32(24-35-36(37)26-58(46(35)63)43(45(62)53-47-49-14-22-64-47)42-39-5-2-15-57(39)28-50-42)29-6-8-34(9-7-29)55-18-20-56(21-19-55)41(60)27-54-16-12-30(13-17-54)31-3-1-4-33(23-31)51-38-10-11-40(59)52-44(38)61/h1,3-4,6-9,14,22-25,28,30,38,41,43,51,60H,2,5,10-13,15-21,26-27H2,(H,49,53,62)(H,52,59,61). The highest BCUT2D eigenvalue weighted by molar-refractivity contribution is 7.13. The number of aliphatic hydroxyl groups is 1. The summed E-state index contributed by atoms with van der Waals surface area (Å²) in [4.78, 5) is 68.8. The van der Waals surface area contributed by atoms with E-state index >= 15 is 4.39 Å². The number of piperidine rings is 2. The van der Waals surface area contributed by atoms with E-state index in [1.165, 1.54) is 27.9 Å². The summed E-state index contributed by atoms with van der Waals surface area (Å²) in [5, 5.41) is 22.0. The Morgan fingerprint density at radius 3 is 2.50 bits per heavy atom. The molecule has 4 amide bonds. The van der Waals surface area contributed by atoms with E-state index in [0.29, 0.717) is 54.8 Å². The number of imidazole rings is 1. The summed E-state index contributed by atoms with van der Waals surface area (Å²) < 4.78 is 18.0. The van der Waals surface area contributed by atoms with E-state index in [-0.39, 0.29) is 29.5 Å². The van der Waals surface area contributed by atoms with Crippen LogP contribution in [0.3, 0.4) is 0 Å². The predicted molar refractivity (Wildman–Crippen MR) is 240 cm³/mol. The molecule has 2 aromatic heterocycles. The van der Waals surface area contributed by atoms with Crippen molar-refractivity contribution in [1.29, 1.82) is 0 Å². The Kier molecular flexibility index (Phi) is 11.7. The van der Waals surface area contributed by atoms with Gasteiger partial charge < -0.3 is 24.8 Å². The minimum atomic E-state index is -1.05. The van der Waals surface area contributed by atoms with Crippen LogP contribution in [0, 0.1) is 5.82 Å². The number of aromatic nitrogens is 3. The number of likely N-dealkylation sites (tertiary alicyclic amines) is 1. The number of aliphatic hydroxyl groups excluding tert-OH is 1. The first-order valence-electron chi connectivity index (χ1n) is 22.2. The van der Waals surface area contributed by atoms with Crippen LogP contribution in [0.4, 0.5) is 20.9 Å². The molecule has 0 radical (unpaired) electrons. The van der Waals surface area contributed by atoms with Crippen molar-refractivity contribution >= 4 is 51.5 Å². The largest absolute Gasteiger partial charge is 0.377 e. The second-order valence-electron chi connectivity index (χ2n) is 17.4. The van der Waals surface area contributed by atoms with Crippen LogP contribution in [0.25, 0.3) is 11.1 Å². The number of hydrogen-bond acceptors (Lipinski definition) is 12. The first-order chi connectivity index (χ1) is 31.1. The average Bonchev–Trinajstić information content (AvgIpc) is 4.13. The zero-order valence-electron chi connectivity index (χ0n) is 35.4. The van der Waals surface area contributed by atoms with Crippen LogP contribution in [0.2, 0.25) is 0 Å². The Labute approximate surface area is 374 Å². The van der Waals surface area contributed by atoms with Crippen LogP contribution >= 0.6 is 11.3 Å². The number of benzene rings is 3. The zero-order valence-corrected chi connectivity index (χ0v) is 36.2. The summed E-state index contributed by atoms with van der Waals surface area (Å²) in [5.74, 6) is -1.45. The van der Waals surface area contributed by atoms with Crippen molar-refractivity contribution in [1.82, 2.24) is 34.6 Å². The third kappa shape index (κ3) is 8.52. The number of imide groups is 1. The van der Waals surface area contributed by atoms with Gasteiger partial charge in [0, 0.05) is 85.5 Å². The number of hydrogen-bond donors (Lipinski definition) is 4. The molecule has 15 nitrogen and oxygen atoms in total. The Morgan fingerprint density at radius 1 is 0.922 bits per heavy atom. The number of carbonyl (C=O) groups excluding carboxylic acids is 4. The van der Waals surface area contributed by atoms with Gasteiger partial charge in [-0.3, -0.25) is 39.6 Å². The van der Waals surface area contributed by atoms with Gasteiger partial charge in [0.1, 0.15) is 18.1 Å². The fourth-order valence-corrected chi connectivity index (χ4v) is 10.6. The van der Waals surface area contributed by atoms with Crippen molar-refractivity contribution in [3.8, 4) is 11.1 Å². The molecule has 0 spiro atoms. The number of nitrogens with one attached hydrogen (secondary N) is 3. The number of aryl methyl sites for hydroxylation is 1. The molecule has 5 aliphatic rings. The first kappa shape index (κ1) is 42.0. The molecule has 0 saturated carbocycles. The SMILES string of the molecule is O=C1CCC(Nc2cccc(C3CCN(CC(O)N4CCN(c5ccc(-c6cc(F)c7c(c6)C(=O)N(C(C(=O)Nc6nccs6)c6ncn8c6CCC8)C7)cc5)CC4)CC3)c2)C(=O)N1. The lowest BCUT2D eigenvalue weighted by Crippen LogP contribution is -2.54. The molecule has 4 N–H and O–H groups in total. The highest BCUT2D eigenvalue weighted by Gasteiger charge is 2.42. The Hall–Kier alpha value is -6.01. The number of halogens is 1. The number of thiazole rings is 1. The molecule has 332 valence electrons. The molecule has 3 saturated heterocycles. The van der Waals surface area contributed by atoms with Crippen LogP contribution in [-0.4, -0.2) is 116 Å². The topological polar surface area (TPSA) is 168 Å². The van der Waals surface area contributed by atoms with E-state index in [1.807, 2.05) is 41.0 Å². The van der Waals surface area contributed by atoms with Crippen LogP contribution < -0.4 is 20.9 Å².